The van der Waals surface area contributed by atoms with E-state index in [-0.39, 0.29) is 6.17 Å². The lowest BCUT2D eigenvalue weighted by Crippen LogP contribution is -2.45. The number of amidine groups is 1. The average Bonchev–Trinajstić information content (AvgIpc) is 2.33. The van der Waals surface area contributed by atoms with Crippen LogP contribution in [-0.4, -0.2) is 30.3 Å². The Hall–Kier alpha value is -1.52. The van der Waals surface area contributed by atoms with Gasteiger partial charge in [0.25, 0.3) is 0 Å². The molecule has 0 saturated heterocycles. The van der Waals surface area contributed by atoms with E-state index < -0.39 is 0 Å². The molecule has 2 heterocycles. The summed E-state index contributed by atoms with van der Waals surface area (Å²) in [5, 5.41) is 3.17. The van der Waals surface area contributed by atoms with Gasteiger partial charge < -0.3 is 16.0 Å². The third-order valence-corrected chi connectivity index (χ3v) is 1.94. The van der Waals surface area contributed by atoms with Crippen LogP contribution in [0.25, 0.3) is 0 Å². The third-order valence-electron chi connectivity index (χ3n) is 1.94. The summed E-state index contributed by atoms with van der Waals surface area (Å²) in [5.41, 5.74) is 6.49. The second kappa shape index (κ2) is 2.23. The topological polar surface area (TPSA) is 66.0 Å². The van der Waals surface area contributed by atoms with Crippen molar-refractivity contribution in [3.8, 4) is 0 Å². The van der Waals surface area contributed by atoms with Crippen LogP contribution in [0.3, 0.4) is 0 Å². The van der Waals surface area contributed by atoms with Gasteiger partial charge >= 0.3 is 0 Å². The Kier molecular flexibility index (Phi) is 1.33. The molecule has 2 aliphatic rings. The number of rotatable bonds is 0. The van der Waals surface area contributed by atoms with Gasteiger partial charge in [-0.1, -0.05) is 0 Å². The van der Waals surface area contributed by atoms with E-state index in [1.165, 1.54) is 0 Å². The first-order chi connectivity index (χ1) is 5.68. The zero-order valence-corrected chi connectivity index (χ0v) is 7.07. The second-order valence-electron chi connectivity index (χ2n) is 2.92. The van der Waals surface area contributed by atoms with Crippen molar-refractivity contribution in [3.63, 3.8) is 0 Å². The van der Waals surface area contributed by atoms with Crippen LogP contribution in [0.1, 0.15) is 6.92 Å². The van der Waals surface area contributed by atoms with Gasteiger partial charge in [-0.05, 0) is 6.92 Å². The molecule has 0 fully saturated rings. The van der Waals surface area contributed by atoms with Crippen LogP contribution < -0.4 is 11.1 Å². The highest BCUT2D eigenvalue weighted by Crippen LogP contribution is 2.19. The first-order valence-corrected chi connectivity index (χ1v) is 3.76. The summed E-state index contributed by atoms with van der Waals surface area (Å²) >= 11 is 0. The van der Waals surface area contributed by atoms with Crippen molar-refractivity contribution >= 4 is 12.2 Å². The monoisotopic (exact) mass is 165 g/mol. The molecule has 0 aliphatic carbocycles. The Morgan fingerprint density at radius 2 is 2.42 bits per heavy atom. The maximum Gasteiger partial charge on any atom is 0.151 e. The number of likely N-dealkylation sites (N-methyl/N-ethyl adjacent to an activating group) is 1. The summed E-state index contributed by atoms with van der Waals surface area (Å²) in [6, 6.07) is 0. The van der Waals surface area contributed by atoms with Crippen LogP contribution in [0.4, 0.5) is 0 Å². The van der Waals surface area contributed by atoms with Gasteiger partial charge in [-0.25, -0.2) is 9.98 Å². The molecule has 2 rings (SSSR count). The molecular weight excluding hydrogens is 154 g/mol. The highest BCUT2D eigenvalue weighted by atomic mass is 15.4. The number of nitrogens with two attached hydrogens (primary N) is 1. The van der Waals surface area contributed by atoms with Crippen molar-refractivity contribution in [1.82, 2.24) is 10.2 Å². The molecule has 5 nitrogen and oxygen atoms in total. The highest BCUT2D eigenvalue weighted by molar-refractivity contribution is 5.83. The Bertz CT molecular complexity index is 301. The Morgan fingerprint density at radius 1 is 1.67 bits per heavy atom. The standard InChI is InChI=1S/C7H11N5/c1-4-10-6(8)5-7(11-4)12(2)3-9-5/h3,7H,8H2,1-2H3,(H,10,11). The summed E-state index contributed by atoms with van der Waals surface area (Å²) in [5.74, 6) is 1.34. The van der Waals surface area contributed by atoms with E-state index >= 15 is 0 Å². The van der Waals surface area contributed by atoms with Crippen molar-refractivity contribution in [2.75, 3.05) is 7.05 Å². The molecule has 0 spiro atoms. The minimum Gasteiger partial charge on any atom is -0.382 e. The molecule has 0 radical (unpaired) electrons. The van der Waals surface area contributed by atoms with Crippen molar-refractivity contribution in [2.24, 2.45) is 15.7 Å². The molecule has 1 unspecified atom stereocenters. The van der Waals surface area contributed by atoms with Crippen molar-refractivity contribution in [2.45, 2.75) is 13.1 Å². The number of aliphatic imine (C=N–C) groups is 2. The van der Waals surface area contributed by atoms with Crippen LogP contribution in [0.15, 0.2) is 21.5 Å². The van der Waals surface area contributed by atoms with Crippen molar-refractivity contribution < 1.29 is 0 Å². The van der Waals surface area contributed by atoms with E-state index in [0.717, 1.165) is 11.5 Å². The minimum atomic E-state index is 0.0718. The molecule has 12 heavy (non-hydrogen) atoms. The fourth-order valence-corrected chi connectivity index (χ4v) is 1.33. The second-order valence-corrected chi connectivity index (χ2v) is 2.92. The normalized spacial score (nSPS) is 27.0. The fourth-order valence-electron chi connectivity index (χ4n) is 1.33. The van der Waals surface area contributed by atoms with E-state index in [4.69, 9.17) is 5.73 Å². The van der Waals surface area contributed by atoms with Crippen LogP contribution in [0, 0.1) is 0 Å². The van der Waals surface area contributed by atoms with Gasteiger partial charge in [-0.3, -0.25) is 0 Å². The summed E-state index contributed by atoms with van der Waals surface area (Å²) in [6.07, 6.45) is 1.82. The SMILES string of the molecule is CC1=NC(N)=C2N=CN(C)C2N1. The van der Waals surface area contributed by atoms with E-state index in [1.54, 1.807) is 6.34 Å². The lowest BCUT2D eigenvalue weighted by molar-refractivity contribution is 0.411. The molecule has 3 N–H and O–H groups in total. The Labute approximate surface area is 70.7 Å². The van der Waals surface area contributed by atoms with Gasteiger partial charge in [0.2, 0.25) is 0 Å². The molecule has 1 atom stereocenters. The van der Waals surface area contributed by atoms with Crippen LogP contribution in [-0.2, 0) is 0 Å². The van der Waals surface area contributed by atoms with Crippen molar-refractivity contribution in [3.05, 3.63) is 11.5 Å². The quantitative estimate of drug-likeness (QED) is 0.505. The molecule has 2 aliphatic heterocycles. The van der Waals surface area contributed by atoms with Gasteiger partial charge in [0, 0.05) is 7.05 Å². The molecule has 0 aromatic heterocycles. The van der Waals surface area contributed by atoms with Crippen molar-refractivity contribution in [1.29, 1.82) is 0 Å². The summed E-state index contributed by atoms with van der Waals surface area (Å²) < 4.78 is 0. The zero-order valence-electron chi connectivity index (χ0n) is 7.07. The molecular formula is C7H11N5. The molecule has 0 amide bonds. The molecule has 0 aromatic rings. The summed E-state index contributed by atoms with van der Waals surface area (Å²) in [6.45, 7) is 1.88. The van der Waals surface area contributed by atoms with E-state index in [0.29, 0.717) is 5.82 Å². The lowest BCUT2D eigenvalue weighted by atomic mass is 10.3. The number of nitrogens with zero attached hydrogens (tertiary/aromatic N) is 3. The minimum absolute atomic E-state index is 0.0718. The van der Waals surface area contributed by atoms with Gasteiger partial charge in [-0.15, -0.1) is 0 Å². The van der Waals surface area contributed by atoms with Crippen LogP contribution >= 0.6 is 0 Å². The average molecular weight is 165 g/mol. The number of nitrogens with one attached hydrogen (secondary N) is 1. The molecule has 0 saturated carbocycles. The number of hydrogen-bond acceptors (Lipinski definition) is 5. The Balaban J connectivity index is 2.41. The first-order valence-electron chi connectivity index (χ1n) is 3.76. The van der Waals surface area contributed by atoms with Crippen LogP contribution in [0.5, 0.6) is 0 Å². The summed E-state index contributed by atoms with van der Waals surface area (Å²) in [4.78, 5) is 10.2. The maximum atomic E-state index is 5.68. The van der Waals surface area contributed by atoms with Gasteiger partial charge in [0.1, 0.15) is 17.7 Å². The maximum absolute atomic E-state index is 5.68. The van der Waals surface area contributed by atoms with E-state index in [9.17, 15) is 0 Å². The summed E-state index contributed by atoms with van der Waals surface area (Å²) in [7, 11) is 1.94. The van der Waals surface area contributed by atoms with E-state index in [2.05, 4.69) is 15.3 Å². The molecule has 5 heteroatoms. The number of fused-ring (bicyclic) bond motifs is 1. The molecule has 0 aromatic carbocycles. The fraction of sp³-hybridized carbons (Fsp3) is 0.429. The Morgan fingerprint density at radius 3 is 3.17 bits per heavy atom. The predicted molar refractivity (Wildman–Crippen MR) is 47.5 cm³/mol. The third kappa shape index (κ3) is 0.861. The molecule has 64 valence electrons. The highest BCUT2D eigenvalue weighted by Gasteiger charge is 2.28. The predicted octanol–water partition coefficient (Wildman–Crippen LogP) is -0.564. The van der Waals surface area contributed by atoms with Gasteiger partial charge in [-0.2, -0.15) is 0 Å². The van der Waals surface area contributed by atoms with Gasteiger partial charge in [0.15, 0.2) is 5.82 Å². The largest absolute Gasteiger partial charge is 0.382 e. The first kappa shape index (κ1) is 7.15. The van der Waals surface area contributed by atoms with Gasteiger partial charge in [0.05, 0.1) is 6.34 Å². The zero-order chi connectivity index (χ0) is 8.72. The van der Waals surface area contributed by atoms with E-state index in [1.807, 2.05) is 18.9 Å². The molecule has 0 bridgehead atoms. The number of hydrogen-bond donors (Lipinski definition) is 2. The van der Waals surface area contributed by atoms with Crippen LogP contribution in [0.2, 0.25) is 0 Å². The lowest BCUT2D eigenvalue weighted by Gasteiger charge is -2.25. The smallest absolute Gasteiger partial charge is 0.151 e.